The van der Waals surface area contributed by atoms with Crippen molar-refractivity contribution in [2.75, 3.05) is 19.8 Å². The van der Waals surface area contributed by atoms with Gasteiger partial charge in [0.25, 0.3) is 0 Å². The molecule has 0 radical (unpaired) electrons. The fourth-order valence-corrected chi connectivity index (χ4v) is 1.41. The molecule has 1 atom stereocenters. The largest absolute Gasteiger partial charge is 0.374 e. The predicted molar refractivity (Wildman–Crippen MR) is 61.9 cm³/mol. The lowest BCUT2D eigenvalue weighted by Gasteiger charge is -2.24. The van der Waals surface area contributed by atoms with E-state index >= 15 is 0 Å². The number of hydrogen-bond acceptors (Lipinski definition) is 3. The van der Waals surface area contributed by atoms with E-state index < -0.39 is 5.79 Å². The van der Waals surface area contributed by atoms with Gasteiger partial charge in [0, 0.05) is 0 Å². The Kier molecular flexibility index (Phi) is 6.10. The highest BCUT2D eigenvalue weighted by Crippen LogP contribution is 2.30. The highest BCUT2D eigenvalue weighted by Gasteiger charge is 2.41. The highest BCUT2D eigenvalue weighted by molar-refractivity contribution is 4.83. The Morgan fingerprint density at radius 1 is 1.33 bits per heavy atom. The molecule has 0 aromatic rings. The minimum atomic E-state index is -0.480. The van der Waals surface area contributed by atoms with Crippen molar-refractivity contribution in [2.45, 2.75) is 46.0 Å². The van der Waals surface area contributed by atoms with E-state index in [0.717, 1.165) is 0 Å². The van der Waals surface area contributed by atoms with Crippen LogP contribution in [0.25, 0.3) is 0 Å². The lowest BCUT2D eigenvalue weighted by molar-refractivity contribution is -0.167. The van der Waals surface area contributed by atoms with Crippen LogP contribution in [-0.2, 0) is 14.2 Å². The molecule has 0 spiro atoms. The minimum absolute atomic E-state index is 0.313. The Hall–Kier alpha value is -0.380. The molecule has 0 aliphatic carbocycles. The van der Waals surface area contributed by atoms with Crippen LogP contribution in [0.5, 0.6) is 0 Å². The van der Waals surface area contributed by atoms with Crippen molar-refractivity contribution >= 4 is 0 Å². The van der Waals surface area contributed by atoms with E-state index in [-0.39, 0.29) is 5.60 Å². The summed E-state index contributed by atoms with van der Waals surface area (Å²) in [4.78, 5) is 0. The Labute approximate surface area is 93.4 Å². The van der Waals surface area contributed by atoms with Crippen molar-refractivity contribution in [3.63, 3.8) is 0 Å². The van der Waals surface area contributed by atoms with Crippen molar-refractivity contribution in [3.05, 3.63) is 12.7 Å². The van der Waals surface area contributed by atoms with Gasteiger partial charge in [0.15, 0.2) is 5.79 Å². The highest BCUT2D eigenvalue weighted by atomic mass is 16.8. The van der Waals surface area contributed by atoms with Gasteiger partial charge < -0.3 is 14.2 Å². The van der Waals surface area contributed by atoms with Crippen molar-refractivity contribution in [1.82, 2.24) is 0 Å². The molecule has 0 saturated carbocycles. The minimum Gasteiger partial charge on any atom is -0.374 e. The fraction of sp³-hybridized carbons (Fsp3) is 0.833. The third kappa shape index (κ3) is 5.30. The van der Waals surface area contributed by atoms with Gasteiger partial charge in [-0.05, 0) is 20.8 Å². The van der Waals surface area contributed by atoms with Gasteiger partial charge in [0.2, 0.25) is 0 Å². The van der Waals surface area contributed by atoms with Crippen molar-refractivity contribution in [2.24, 2.45) is 0 Å². The van der Waals surface area contributed by atoms with Crippen LogP contribution in [-0.4, -0.2) is 31.2 Å². The smallest absolute Gasteiger partial charge is 0.163 e. The first-order valence-corrected chi connectivity index (χ1v) is 5.50. The molecule has 0 amide bonds. The van der Waals surface area contributed by atoms with E-state index in [0.29, 0.717) is 19.8 Å². The molecule has 15 heavy (non-hydrogen) atoms. The van der Waals surface area contributed by atoms with Crippen LogP contribution in [0.3, 0.4) is 0 Å². The van der Waals surface area contributed by atoms with Gasteiger partial charge in [0.05, 0.1) is 19.8 Å². The topological polar surface area (TPSA) is 27.7 Å². The van der Waals surface area contributed by atoms with Crippen LogP contribution >= 0.6 is 0 Å². The molecule has 0 aromatic heterocycles. The summed E-state index contributed by atoms with van der Waals surface area (Å²) in [6.45, 7) is 15.1. The maximum absolute atomic E-state index is 5.70. The summed E-state index contributed by atoms with van der Waals surface area (Å²) in [5.41, 5.74) is -0.313. The predicted octanol–water partition coefficient (Wildman–Crippen LogP) is 2.76. The molecule has 1 aliphatic rings. The third-order valence-corrected chi connectivity index (χ3v) is 1.86. The Bertz CT molecular complexity index is 189. The molecule has 3 heteroatoms. The van der Waals surface area contributed by atoms with E-state index in [1.54, 1.807) is 6.08 Å². The monoisotopic (exact) mass is 216 g/mol. The summed E-state index contributed by atoms with van der Waals surface area (Å²) in [5, 5.41) is 0. The molecule has 0 N–H and O–H groups in total. The number of rotatable bonds is 4. The summed E-state index contributed by atoms with van der Waals surface area (Å²) in [5.74, 6) is -0.480. The first-order valence-electron chi connectivity index (χ1n) is 5.50. The van der Waals surface area contributed by atoms with E-state index in [9.17, 15) is 0 Å². The van der Waals surface area contributed by atoms with Crippen LogP contribution in [0.4, 0.5) is 0 Å². The van der Waals surface area contributed by atoms with Gasteiger partial charge >= 0.3 is 0 Å². The van der Waals surface area contributed by atoms with Crippen LogP contribution < -0.4 is 0 Å². The lowest BCUT2D eigenvalue weighted by atomic mass is 10.1. The average Bonchev–Trinajstić information content (AvgIpc) is 2.45. The maximum Gasteiger partial charge on any atom is 0.163 e. The van der Waals surface area contributed by atoms with E-state index in [1.165, 1.54) is 0 Å². The van der Waals surface area contributed by atoms with Crippen LogP contribution in [0.15, 0.2) is 12.7 Å². The Morgan fingerprint density at radius 2 is 1.93 bits per heavy atom. The third-order valence-electron chi connectivity index (χ3n) is 1.86. The maximum atomic E-state index is 5.70. The molecule has 1 fully saturated rings. The molecular weight excluding hydrogens is 192 g/mol. The van der Waals surface area contributed by atoms with Crippen LogP contribution in [0, 0.1) is 0 Å². The average molecular weight is 216 g/mol. The molecule has 90 valence electrons. The second kappa shape index (κ2) is 6.26. The zero-order chi connectivity index (χ0) is 11.9. The molecule has 0 aromatic carbocycles. The zero-order valence-corrected chi connectivity index (χ0v) is 10.6. The van der Waals surface area contributed by atoms with Crippen molar-refractivity contribution in [1.29, 1.82) is 0 Å². The van der Waals surface area contributed by atoms with Gasteiger partial charge in [-0.3, -0.25) is 0 Å². The van der Waals surface area contributed by atoms with Crippen LogP contribution in [0.1, 0.15) is 34.6 Å². The first-order chi connectivity index (χ1) is 6.97. The lowest BCUT2D eigenvalue weighted by Crippen LogP contribution is -2.35. The SMILES string of the molecule is C=CCOCC1(C)COC(C)(C)O1.CC. The molecular formula is C12H24O3. The van der Waals surface area contributed by atoms with E-state index in [1.807, 2.05) is 34.6 Å². The van der Waals surface area contributed by atoms with Crippen molar-refractivity contribution < 1.29 is 14.2 Å². The Morgan fingerprint density at radius 3 is 2.33 bits per heavy atom. The summed E-state index contributed by atoms with van der Waals surface area (Å²) in [7, 11) is 0. The standard InChI is InChI=1S/C10H18O3.C2H6/c1-5-6-11-7-10(4)8-12-9(2,3)13-10;1-2/h5H,1,6-8H2,2-4H3;1-2H3. The molecule has 3 nitrogen and oxygen atoms in total. The van der Waals surface area contributed by atoms with Crippen molar-refractivity contribution in [3.8, 4) is 0 Å². The first kappa shape index (κ1) is 14.6. The zero-order valence-electron chi connectivity index (χ0n) is 10.6. The fourth-order valence-electron chi connectivity index (χ4n) is 1.41. The van der Waals surface area contributed by atoms with Gasteiger partial charge in [-0.25, -0.2) is 0 Å². The van der Waals surface area contributed by atoms with Gasteiger partial charge in [-0.15, -0.1) is 6.58 Å². The molecule has 1 heterocycles. The van der Waals surface area contributed by atoms with Gasteiger partial charge in [-0.2, -0.15) is 0 Å². The summed E-state index contributed by atoms with van der Waals surface area (Å²) >= 11 is 0. The molecule has 1 unspecified atom stereocenters. The van der Waals surface area contributed by atoms with Crippen LogP contribution in [0.2, 0.25) is 0 Å². The molecule has 1 saturated heterocycles. The molecule has 1 aliphatic heterocycles. The summed E-state index contributed by atoms with van der Waals surface area (Å²) < 4.78 is 16.5. The quantitative estimate of drug-likeness (QED) is 0.534. The normalized spacial score (nSPS) is 28.1. The van der Waals surface area contributed by atoms with E-state index in [2.05, 4.69) is 6.58 Å². The Balaban J connectivity index is 0.000000921. The summed E-state index contributed by atoms with van der Waals surface area (Å²) in [6.07, 6.45) is 1.73. The second-order valence-corrected chi connectivity index (χ2v) is 4.04. The van der Waals surface area contributed by atoms with E-state index in [4.69, 9.17) is 14.2 Å². The van der Waals surface area contributed by atoms with Gasteiger partial charge in [0.1, 0.15) is 5.60 Å². The summed E-state index contributed by atoms with van der Waals surface area (Å²) in [6, 6.07) is 0. The second-order valence-electron chi connectivity index (χ2n) is 4.04. The molecule has 1 rings (SSSR count). The number of hydrogen-bond donors (Lipinski definition) is 0. The molecule has 0 bridgehead atoms. The van der Waals surface area contributed by atoms with Gasteiger partial charge in [-0.1, -0.05) is 19.9 Å². The number of ether oxygens (including phenoxy) is 3.